The molecule has 0 aromatic heterocycles. The summed E-state index contributed by atoms with van der Waals surface area (Å²) in [5, 5.41) is 9.48. The van der Waals surface area contributed by atoms with Crippen LogP contribution in [0.15, 0.2) is 22.7 Å². The first-order chi connectivity index (χ1) is 6.93. The monoisotopic (exact) mass is 272 g/mol. The molecule has 1 aliphatic carbocycles. The molecule has 15 heavy (non-hydrogen) atoms. The van der Waals surface area contributed by atoms with Crippen molar-refractivity contribution in [2.75, 3.05) is 6.61 Å². The van der Waals surface area contributed by atoms with Crippen molar-refractivity contribution < 1.29 is 9.50 Å². The van der Waals surface area contributed by atoms with Crippen LogP contribution in [-0.2, 0) is 5.41 Å². The van der Waals surface area contributed by atoms with Crippen molar-refractivity contribution in [3.63, 3.8) is 0 Å². The molecule has 1 fully saturated rings. The van der Waals surface area contributed by atoms with Crippen molar-refractivity contribution in [2.45, 2.75) is 25.7 Å². The van der Waals surface area contributed by atoms with Crippen molar-refractivity contribution >= 4 is 15.9 Å². The third-order valence-corrected chi connectivity index (χ3v) is 4.12. The van der Waals surface area contributed by atoms with Crippen molar-refractivity contribution in [1.29, 1.82) is 0 Å². The number of hydrogen-bond acceptors (Lipinski definition) is 1. The number of halogens is 2. The Balaban J connectivity index is 2.50. The highest BCUT2D eigenvalue weighted by Crippen LogP contribution is 2.64. The fourth-order valence-corrected chi connectivity index (χ4v) is 2.75. The summed E-state index contributed by atoms with van der Waals surface area (Å²) in [6.45, 7) is 4.13. The number of aliphatic hydroxyl groups excluding tert-OH is 1. The molecule has 2 rings (SSSR count). The molecular formula is C12H14BrFO. The zero-order chi connectivity index (χ0) is 11.3. The first-order valence-electron chi connectivity index (χ1n) is 4.99. The van der Waals surface area contributed by atoms with Crippen LogP contribution >= 0.6 is 15.9 Å². The van der Waals surface area contributed by atoms with Crippen LogP contribution in [0.25, 0.3) is 0 Å². The average molecular weight is 273 g/mol. The van der Waals surface area contributed by atoms with Gasteiger partial charge in [-0.1, -0.05) is 29.8 Å². The summed E-state index contributed by atoms with van der Waals surface area (Å²) in [5.41, 5.74) is 0.230. The van der Waals surface area contributed by atoms with Crippen LogP contribution in [-0.4, -0.2) is 11.7 Å². The minimum atomic E-state index is -0.388. The highest BCUT2D eigenvalue weighted by atomic mass is 79.9. The van der Waals surface area contributed by atoms with Gasteiger partial charge in [-0.05, 0) is 35.6 Å². The Labute approximate surface area is 97.4 Å². The summed E-state index contributed by atoms with van der Waals surface area (Å²) < 4.78 is 14.6. The molecular weight excluding hydrogens is 259 g/mol. The Bertz CT molecular complexity index is 403. The van der Waals surface area contributed by atoms with Gasteiger partial charge in [0.25, 0.3) is 0 Å². The van der Waals surface area contributed by atoms with Gasteiger partial charge in [0.1, 0.15) is 5.82 Å². The van der Waals surface area contributed by atoms with Gasteiger partial charge in [-0.3, -0.25) is 0 Å². The molecule has 1 N–H and O–H groups in total. The van der Waals surface area contributed by atoms with Crippen molar-refractivity contribution in [3.05, 3.63) is 34.1 Å². The molecule has 1 aromatic carbocycles. The van der Waals surface area contributed by atoms with E-state index in [2.05, 4.69) is 29.8 Å². The van der Waals surface area contributed by atoms with Gasteiger partial charge in [0.15, 0.2) is 0 Å². The topological polar surface area (TPSA) is 20.2 Å². The molecule has 1 unspecified atom stereocenters. The van der Waals surface area contributed by atoms with E-state index >= 15 is 0 Å². The van der Waals surface area contributed by atoms with Gasteiger partial charge >= 0.3 is 0 Å². The smallest absolute Gasteiger partial charge is 0.127 e. The normalized spacial score (nSPS) is 27.8. The lowest BCUT2D eigenvalue weighted by Crippen LogP contribution is -2.20. The van der Waals surface area contributed by atoms with E-state index in [0.29, 0.717) is 5.56 Å². The molecule has 3 heteroatoms. The van der Waals surface area contributed by atoms with E-state index in [1.807, 2.05) is 0 Å². The predicted molar refractivity (Wildman–Crippen MR) is 61.3 cm³/mol. The minimum Gasteiger partial charge on any atom is -0.395 e. The Morgan fingerprint density at radius 3 is 2.53 bits per heavy atom. The van der Waals surface area contributed by atoms with E-state index in [4.69, 9.17) is 0 Å². The van der Waals surface area contributed by atoms with Crippen molar-refractivity contribution in [1.82, 2.24) is 0 Å². The van der Waals surface area contributed by atoms with Crippen LogP contribution in [0.2, 0.25) is 0 Å². The van der Waals surface area contributed by atoms with Crippen molar-refractivity contribution in [2.24, 2.45) is 5.41 Å². The van der Waals surface area contributed by atoms with Gasteiger partial charge < -0.3 is 5.11 Å². The molecule has 0 spiro atoms. The number of hydrogen-bond donors (Lipinski definition) is 1. The lowest BCUT2D eigenvalue weighted by molar-refractivity contribution is 0.228. The molecule has 1 nitrogen and oxygen atoms in total. The van der Waals surface area contributed by atoms with Gasteiger partial charge in [0.05, 0.1) is 6.61 Å². The van der Waals surface area contributed by atoms with E-state index < -0.39 is 0 Å². The Kier molecular flexibility index (Phi) is 2.43. The Morgan fingerprint density at radius 2 is 2.07 bits per heavy atom. The molecule has 82 valence electrons. The van der Waals surface area contributed by atoms with E-state index in [1.165, 1.54) is 6.07 Å². The molecule has 1 saturated carbocycles. The third kappa shape index (κ3) is 1.53. The van der Waals surface area contributed by atoms with Crippen LogP contribution in [0.3, 0.4) is 0 Å². The summed E-state index contributed by atoms with van der Waals surface area (Å²) in [6.07, 6.45) is 0.837. The maximum absolute atomic E-state index is 13.7. The Morgan fingerprint density at radius 1 is 1.47 bits per heavy atom. The number of rotatable bonds is 2. The molecule has 1 aliphatic rings. The summed E-state index contributed by atoms with van der Waals surface area (Å²) in [6, 6.07) is 4.91. The van der Waals surface area contributed by atoms with Gasteiger partial charge in [0.2, 0.25) is 0 Å². The van der Waals surface area contributed by atoms with E-state index in [-0.39, 0.29) is 23.3 Å². The maximum atomic E-state index is 13.7. The molecule has 1 aromatic rings. The minimum absolute atomic E-state index is 0.00731. The maximum Gasteiger partial charge on any atom is 0.127 e. The first kappa shape index (κ1) is 11.1. The lowest BCUT2D eigenvalue weighted by Gasteiger charge is -2.19. The van der Waals surface area contributed by atoms with E-state index in [1.54, 1.807) is 12.1 Å². The van der Waals surface area contributed by atoms with Gasteiger partial charge in [-0.15, -0.1) is 0 Å². The number of aliphatic hydroxyl groups is 1. The molecule has 0 bridgehead atoms. The quantitative estimate of drug-likeness (QED) is 0.877. The van der Waals surface area contributed by atoms with Crippen molar-refractivity contribution in [3.8, 4) is 0 Å². The fourth-order valence-electron chi connectivity index (χ4n) is 2.39. The average Bonchev–Trinajstić information content (AvgIpc) is 2.74. The second-order valence-corrected chi connectivity index (χ2v) is 5.84. The summed E-state index contributed by atoms with van der Waals surface area (Å²) >= 11 is 3.33. The SMILES string of the molecule is CC1(C)CC1(CO)c1cc(Br)ccc1F. The largest absolute Gasteiger partial charge is 0.395 e. The van der Waals surface area contributed by atoms with Gasteiger partial charge in [-0.25, -0.2) is 4.39 Å². The Hall–Kier alpha value is -0.410. The van der Waals surface area contributed by atoms with Gasteiger partial charge in [-0.2, -0.15) is 0 Å². The summed E-state index contributed by atoms with van der Waals surface area (Å²) in [7, 11) is 0. The third-order valence-electron chi connectivity index (χ3n) is 3.63. The molecule has 0 aliphatic heterocycles. The van der Waals surface area contributed by atoms with Crippen LogP contribution in [0, 0.1) is 11.2 Å². The first-order valence-corrected chi connectivity index (χ1v) is 5.79. The van der Waals surface area contributed by atoms with Crippen LogP contribution in [0.1, 0.15) is 25.8 Å². The highest BCUT2D eigenvalue weighted by Gasteiger charge is 2.62. The second-order valence-electron chi connectivity index (χ2n) is 4.93. The second kappa shape index (κ2) is 3.29. The van der Waals surface area contributed by atoms with Gasteiger partial charge in [0, 0.05) is 9.89 Å². The standard InChI is InChI=1S/C12H14BrFO/c1-11(2)6-12(11,7-15)9-5-8(13)3-4-10(9)14/h3-5,15H,6-7H2,1-2H3. The zero-order valence-electron chi connectivity index (χ0n) is 8.85. The molecule has 1 atom stereocenters. The lowest BCUT2D eigenvalue weighted by atomic mass is 9.88. The zero-order valence-corrected chi connectivity index (χ0v) is 10.4. The van der Waals surface area contributed by atoms with Crippen LogP contribution in [0.5, 0.6) is 0 Å². The predicted octanol–water partition coefficient (Wildman–Crippen LogP) is 3.25. The molecule has 0 amide bonds. The number of benzene rings is 1. The fraction of sp³-hybridized carbons (Fsp3) is 0.500. The van der Waals surface area contributed by atoms with Crippen LogP contribution in [0.4, 0.5) is 4.39 Å². The molecule has 0 heterocycles. The molecule has 0 radical (unpaired) electrons. The van der Waals surface area contributed by atoms with Crippen LogP contribution < -0.4 is 0 Å². The summed E-state index contributed by atoms with van der Waals surface area (Å²) in [4.78, 5) is 0. The highest BCUT2D eigenvalue weighted by molar-refractivity contribution is 9.10. The summed E-state index contributed by atoms with van der Waals surface area (Å²) in [5.74, 6) is -0.224. The van der Waals surface area contributed by atoms with E-state index in [9.17, 15) is 9.50 Å². The van der Waals surface area contributed by atoms with E-state index in [0.717, 1.165) is 10.9 Å². The molecule has 0 saturated heterocycles.